The van der Waals surface area contributed by atoms with Gasteiger partial charge in [-0.2, -0.15) is 0 Å². The van der Waals surface area contributed by atoms with E-state index >= 15 is 0 Å². The van der Waals surface area contributed by atoms with E-state index in [0.29, 0.717) is 6.61 Å². The highest BCUT2D eigenvalue weighted by Gasteiger charge is 1.94. The fourth-order valence-electron chi connectivity index (χ4n) is 1.17. The Morgan fingerprint density at radius 3 is 2.27 bits per heavy atom. The van der Waals surface area contributed by atoms with Crippen molar-refractivity contribution in [3.63, 3.8) is 0 Å². The predicted molar refractivity (Wildman–Crippen MR) is 44.4 cm³/mol. The van der Waals surface area contributed by atoms with Crippen LogP contribution in [0.2, 0.25) is 0 Å². The third-order valence-corrected chi connectivity index (χ3v) is 1.45. The van der Waals surface area contributed by atoms with Gasteiger partial charge >= 0.3 is 0 Å². The van der Waals surface area contributed by atoms with Crippen LogP contribution in [-0.4, -0.2) is 12.1 Å². The molecule has 1 aromatic heterocycles. The first kappa shape index (κ1) is 8.21. The van der Waals surface area contributed by atoms with Crippen molar-refractivity contribution in [3.8, 4) is 0 Å². The van der Waals surface area contributed by atoms with E-state index in [1.54, 1.807) is 7.11 Å². The summed E-state index contributed by atoms with van der Waals surface area (Å²) >= 11 is 0. The lowest BCUT2D eigenvalue weighted by Crippen LogP contribution is -1.92. The van der Waals surface area contributed by atoms with Crippen LogP contribution in [0.3, 0.4) is 0 Å². The first-order valence-corrected chi connectivity index (χ1v) is 3.65. The Morgan fingerprint density at radius 1 is 1.27 bits per heavy atom. The molecule has 0 saturated carbocycles. The SMILES string of the molecule is COCc1cc(C)nc(C)c1. The van der Waals surface area contributed by atoms with Crippen molar-refractivity contribution in [2.45, 2.75) is 20.5 Å². The molecule has 60 valence electrons. The number of aromatic nitrogens is 1. The monoisotopic (exact) mass is 151 g/mol. The number of ether oxygens (including phenoxy) is 1. The molecule has 0 aliphatic heterocycles. The van der Waals surface area contributed by atoms with Crippen LogP contribution in [0.5, 0.6) is 0 Å². The fraction of sp³-hybridized carbons (Fsp3) is 0.444. The Hall–Kier alpha value is -0.890. The Morgan fingerprint density at radius 2 is 1.82 bits per heavy atom. The first-order chi connectivity index (χ1) is 5.22. The summed E-state index contributed by atoms with van der Waals surface area (Å²) in [5.74, 6) is 0. The summed E-state index contributed by atoms with van der Waals surface area (Å²) in [7, 11) is 1.70. The number of pyridine rings is 1. The molecule has 11 heavy (non-hydrogen) atoms. The molecule has 1 aromatic rings. The van der Waals surface area contributed by atoms with Gasteiger partial charge in [-0.15, -0.1) is 0 Å². The number of rotatable bonds is 2. The van der Waals surface area contributed by atoms with Crippen LogP contribution in [0.4, 0.5) is 0 Å². The van der Waals surface area contributed by atoms with Crippen molar-refractivity contribution in [3.05, 3.63) is 29.1 Å². The molecule has 0 amide bonds. The highest BCUT2D eigenvalue weighted by atomic mass is 16.5. The maximum Gasteiger partial charge on any atom is 0.0714 e. The molecule has 0 aromatic carbocycles. The van der Waals surface area contributed by atoms with Gasteiger partial charge in [0.05, 0.1) is 6.61 Å². The molecule has 0 unspecified atom stereocenters. The number of aryl methyl sites for hydroxylation is 2. The van der Waals surface area contributed by atoms with E-state index in [1.165, 1.54) is 5.56 Å². The minimum absolute atomic E-state index is 0.671. The molecule has 0 aliphatic rings. The molecule has 2 nitrogen and oxygen atoms in total. The molecule has 0 bridgehead atoms. The minimum Gasteiger partial charge on any atom is -0.380 e. The Bertz CT molecular complexity index is 225. The Balaban J connectivity index is 2.89. The van der Waals surface area contributed by atoms with Crippen molar-refractivity contribution in [1.82, 2.24) is 4.98 Å². The van der Waals surface area contributed by atoms with Gasteiger partial charge in [0.1, 0.15) is 0 Å². The van der Waals surface area contributed by atoms with Gasteiger partial charge in [-0.3, -0.25) is 4.98 Å². The summed E-state index contributed by atoms with van der Waals surface area (Å²) in [4.78, 5) is 4.26. The first-order valence-electron chi connectivity index (χ1n) is 3.65. The summed E-state index contributed by atoms with van der Waals surface area (Å²) in [5, 5.41) is 0. The molecule has 0 atom stereocenters. The summed E-state index contributed by atoms with van der Waals surface area (Å²) in [5.41, 5.74) is 3.30. The van der Waals surface area contributed by atoms with Gasteiger partial charge in [-0.1, -0.05) is 0 Å². The van der Waals surface area contributed by atoms with Crippen LogP contribution in [0.15, 0.2) is 12.1 Å². The van der Waals surface area contributed by atoms with E-state index in [-0.39, 0.29) is 0 Å². The zero-order valence-corrected chi connectivity index (χ0v) is 7.22. The molecule has 1 heterocycles. The fourth-order valence-corrected chi connectivity index (χ4v) is 1.17. The zero-order valence-electron chi connectivity index (χ0n) is 7.22. The molecule has 0 aliphatic carbocycles. The number of hydrogen-bond acceptors (Lipinski definition) is 2. The molecule has 0 radical (unpaired) electrons. The van der Waals surface area contributed by atoms with Crippen LogP contribution in [0.25, 0.3) is 0 Å². The lowest BCUT2D eigenvalue weighted by atomic mass is 10.2. The normalized spacial score (nSPS) is 10.1. The Kier molecular flexibility index (Phi) is 2.60. The van der Waals surface area contributed by atoms with Crippen molar-refractivity contribution in [1.29, 1.82) is 0 Å². The molecular formula is C9H13NO. The average molecular weight is 151 g/mol. The van der Waals surface area contributed by atoms with E-state index < -0.39 is 0 Å². The van der Waals surface area contributed by atoms with Gasteiger partial charge in [-0.25, -0.2) is 0 Å². The van der Waals surface area contributed by atoms with Crippen molar-refractivity contribution < 1.29 is 4.74 Å². The van der Waals surface area contributed by atoms with Crippen molar-refractivity contribution >= 4 is 0 Å². The molecule has 0 saturated heterocycles. The van der Waals surface area contributed by atoms with Crippen LogP contribution in [-0.2, 0) is 11.3 Å². The van der Waals surface area contributed by atoms with E-state index in [9.17, 15) is 0 Å². The molecule has 0 spiro atoms. The second-order valence-electron chi connectivity index (χ2n) is 2.69. The second kappa shape index (κ2) is 3.49. The summed E-state index contributed by atoms with van der Waals surface area (Å²) in [6, 6.07) is 4.08. The molecule has 1 rings (SSSR count). The van der Waals surface area contributed by atoms with Gasteiger partial charge in [0, 0.05) is 18.5 Å². The van der Waals surface area contributed by atoms with Crippen LogP contribution >= 0.6 is 0 Å². The number of hydrogen-bond donors (Lipinski definition) is 0. The average Bonchev–Trinajstić information content (AvgIpc) is 1.85. The summed E-state index contributed by atoms with van der Waals surface area (Å²) < 4.78 is 5.01. The number of nitrogens with zero attached hydrogens (tertiary/aromatic N) is 1. The topological polar surface area (TPSA) is 22.1 Å². The summed E-state index contributed by atoms with van der Waals surface area (Å²) in [6.07, 6.45) is 0. The van der Waals surface area contributed by atoms with Gasteiger partial charge in [0.2, 0.25) is 0 Å². The quantitative estimate of drug-likeness (QED) is 0.643. The van der Waals surface area contributed by atoms with Crippen molar-refractivity contribution in [2.75, 3.05) is 7.11 Å². The molecule has 0 N–H and O–H groups in total. The zero-order chi connectivity index (χ0) is 8.27. The highest BCUT2D eigenvalue weighted by molar-refractivity contribution is 5.19. The van der Waals surface area contributed by atoms with Crippen LogP contribution in [0.1, 0.15) is 17.0 Å². The van der Waals surface area contributed by atoms with Gasteiger partial charge in [0.25, 0.3) is 0 Å². The van der Waals surface area contributed by atoms with Crippen LogP contribution < -0.4 is 0 Å². The van der Waals surface area contributed by atoms with Crippen molar-refractivity contribution in [2.24, 2.45) is 0 Å². The third kappa shape index (κ3) is 2.31. The van der Waals surface area contributed by atoms with Gasteiger partial charge in [-0.05, 0) is 31.5 Å². The lowest BCUT2D eigenvalue weighted by molar-refractivity contribution is 0.184. The maximum absolute atomic E-state index is 5.01. The van der Waals surface area contributed by atoms with Gasteiger partial charge in [0.15, 0.2) is 0 Å². The minimum atomic E-state index is 0.671. The van der Waals surface area contributed by atoms with E-state index in [0.717, 1.165) is 11.4 Å². The largest absolute Gasteiger partial charge is 0.380 e. The molecule has 2 heteroatoms. The highest BCUT2D eigenvalue weighted by Crippen LogP contribution is 2.05. The smallest absolute Gasteiger partial charge is 0.0714 e. The predicted octanol–water partition coefficient (Wildman–Crippen LogP) is 1.84. The van der Waals surface area contributed by atoms with Crippen LogP contribution in [0, 0.1) is 13.8 Å². The number of methoxy groups -OCH3 is 1. The van der Waals surface area contributed by atoms with E-state index in [1.807, 2.05) is 26.0 Å². The van der Waals surface area contributed by atoms with Gasteiger partial charge < -0.3 is 4.74 Å². The standard InChI is InChI=1S/C9H13NO/c1-7-4-9(6-11-3)5-8(2)10-7/h4-5H,6H2,1-3H3. The Labute approximate surface area is 67.2 Å². The lowest BCUT2D eigenvalue weighted by Gasteiger charge is -2.01. The summed E-state index contributed by atoms with van der Waals surface area (Å²) in [6.45, 7) is 4.66. The molecule has 0 fully saturated rings. The molecular weight excluding hydrogens is 138 g/mol. The second-order valence-corrected chi connectivity index (χ2v) is 2.69. The van der Waals surface area contributed by atoms with E-state index in [2.05, 4.69) is 4.98 Å². The third-order valence-electron chi connectivity index (χ3n) is 1.45. The maximum atomic E-state index is 5.01. The van der Waals surface area contributed by atoms with E-state index in [4.69, 9.17) is 4.74 Å².